The van der Waals surface area contributed by atoms with Crippen molar-refractivity contribution in [2.75, 3.05) is 14.2 Å². The molecule has 0 bridgehead atoms. The lowest BCUT2D eigenvalue weighted by Gasteiger charge is -2.48. The van der Waals surface area contributed by atoms with Crippen molar-refractivity contribution in [3.05, 3.63) is 64.7 Å². The number of allylic oxidation sites excluding steroid dienone is 1. The summed E-state index contributed by atoms with van der Waals surface area (Å²) in [6, 6.07) is 14.6. The summed E-state index contributed by atoms with van der Waals surface area (Å²) in [6.45, 7) is 2.23. The second-order valence-electron chi connectivity index (χ2n) is 9.41. The van der Waals surface area contributed by atoms with Crippen LogP contribution in [0.25, 0.3) is 6.08 Å². The highest BCUT2D eigenvalue weighted by molar-refractivity contribution is 6.06. The van der Waals surface area contributed by atoms with Gasteiger partial charge in [0.2, 0.25) is 0 Å². The van der Waals surface area contributed by atoms with E-state index in [-0.39, 0.29) is 5.41 Å². The average Bonchev–Trinajstić information content (AvgIpc) is 3.04. The van der Waals surface area contributed by atoms with Gasteiger partial charge in [0.05, 0.1) is 14.2 Å². The number of hydrogen-bond donors (Lipinski definition) is 0. The Labute approximate surface area is 179 Å². The number of rotatable bonds is 3. The molecule has 0 unspecified atom stereocenters. The third-order valence-corrected chi connectivity index (χ3v) is 8.03. The van der Waals surface area contributed by atoms with Crippen LogP contribution in [0.1, 0.15) is 55.2 Å². The lowest BCUT2D eigenvalue weighted by atomic mass is 9.55. The SMILES string of the molecule is COc1ccc(/C=C2\C[C@@H]3[C@@H]4CCc5cc(OC)ccc5[C@@H]4CC[C@@]3(C)C2=O)cc1. The number of hydrogen-bond acceptors (Lipinski definition) is 3. The van der Waals surface area contributed by atoms with E-state index in [1.54, 1.807) is 14.2 Å². The summed E-state index contributed by atoms with van der Waals surface area (Å²) < 4.78 is 10.7. The second-order valence-corrected chi connectivity index (χ2v) is 9.41. The number of carbonyl (C=O) groups excluding carboxylic acids is 1. The lowest BCUT2D eigenvalue weighted by molar-refractivity contribution is -0.127. The van der Waals surface area contributed by atoms with E-state index in [0.717, 1.165) is 48.3 Å². The summed E-state index contributed by atoms with van der Waals surface area (Å²) in [5.41, 5.74) is 4.82. The second kappa shape index (κ2) is 7.30. The fourth-order valence-corrected chi connectivity index (χ4v) is 6.39. The van der Waals surface area contributed by atoms with Crippen LogP contribution in [0.4, 0.5) is 0 Å². The standard InChI is InChI=1S/C27H30O3/c1-27-13-12-23-22-11-9-21(30-3)15-18(22)6-10-24(23)25(27)16-19(26(27)28)14-17-4-7-20(29-2)8-5-17/h4-5,7-9,11,14-15,23-25H,6,10,12-13,16H2,1-3H3/b19-14+/t23-,24+,25+,27+/m0/s1. The van der Waals surface area contributed by atoms with Gasteiger partial charge in [-0.1, -0.05) is 25.1 Å². The van der Waals surface area contributed by atoms with Gasteiger partial charge in [0, 0.05) is 5.41 Å². The Balaban J connectivity index is 1.45. The van der Waals surface area contributed by atoms with Crippen molar-refractivity contribution in [3.8, 4) is 11.5 Å². The van der Waals surface area contributed by atoms with Crippen molar-refractivity contribution in [1.82, 2.24) is 0 Å². The Morgan fingerprint density at radius 1 is 1.00 bits per heavy atom. The van der Waals surface area contributed by atoms with Gasteiger partial charge in [0.15, 0.2) is 5.78 Å². The first-order valence-corrected chi connectivity index (χ1v) is 11.1. The van der Waals surface area contributed by atoms with Crippen molar-refractivity contribution in [3.63, 3.8) is 0 Å². The highest BCUT2D eigenvalue weighted by Gasteiger charge is 2.56. The summed E-state index contributed by atoms with van der Waals surface area (Å²) in [5.74, 6) is 3.79. The number of fused-ring (bicyclic) bond motifs is 5. The van der Waals surface area contributed by atoms with Gasteiger partial charge in [-0.25, -0.2) is 0 Å². The Morgan fingerprint density at radius 3 is 2.47 bits per heavy atom. The van der Waals surface area contributed by atoms with Gasteiger partial charge in [0.25, 0.3) is 0 Å². The van der Waals surface area contributed by atoms with Crippen LogP contribution in [0, 0.1) is 17.3 Å². The zero-order valence-corrected chi connectivity index (χ0v) is 18.1. The van der Waals surface area contributed by atoms with Gasteiger partial charge < -0.3 is 9.47 Å². The predicted octanol–water partition coefficient (Wildman–Crippen LogP) is 5.82. The number of benzene rings is 2. The smallest absolute Gasteiger partial charge is 0.165 e. The van der Waals surface area contributed by atoms with Crippen LogP contribution in [0.15, 0.2) is 48.0 Å². The molecule has 3 aliphatic carbocycles. The maximum atomic E-state index is 13.5. The van der Waals surface area contributed by atoms with Crippen LogP contribution in [-0.4, -0.2) is 20.0 Å². The minimum Gasteiger partial charge on any atom is -0.497 e. The van der Waals surface area contributed by atoms with Gasteiger partial charge >= 0.3 is 0 Å². The van der Waals surface area contributed by atoms with Gasteiger partial charge in [-0.05, 0) is 102 Å². The minimum atomic E-state index is -0.205. The molecular weight excluding hydrogens is 372 g/mol. The first kappa shape index (κ1) is 19.4. The van der Waals surface area contributed by atoms with E-state index in [9.17, 15) is 4.79 Å². The molecule has 0 saturated heterocycles. The van der Waals surface area contributed by atoms with Crippen molar-refractivity contribution < 1.29 is 14.3 Å². The maximum absolute atomic E-state index is 13.5. The van der Waals surface area contributed by atoms with Gasteiger partial charge in [-0.2, -0.15) is 0 Å². The molecule has 0 aliphatic heterocycles. The molecule has 2 aromatic rings. The van der Waals surface area contributed by atoms with E-state index in [1.165, 1.54) is 17.5 Å². The lowest BCUT2D eigenvalue weighted by Crippen LogP contribution is -2.42. The molecule has 0 spiro atoms. The normalized spacial score (nSPS) is 31.1. The first-order chi connectivity index (χ1) is 14.5. The number of aryl methyl sites for hydroxylation is 1. The van der Waals surface area contributed by atoms with Crippen LogP contribution in [0.3, 0.4) is 0 Å². The molecule has 0 N–H and O–H groups in total. The summed E-state index contributed by atoms with van der Waals surface area (Å²) in [4.78, 5) is 13.5. The van der Waals surface area contributed by atoms with Gasteiger partial charge in [-0.15, -0.1) is 0 Å². The van der Waals surface area contributed by atoms with Gasteiger partial charge in [-0.3, -0.25) is 4.79 Å². The van der Waals surface area contributed by atoms with Crippen molar-refractivity contribution in [2.24, 2.45) is 17.3 Å². The van der Waals surface area contributed by atoms with E-state index in [1.807, 2.05) is 24.3 Å². The van der Waals surface area contributed by atoms with Crippen LogP contribution in [0.2, 0.25) is 0 Å². The number of methoxy groups -OCH3 is 2. The van der Waals surface area contributed by atoms with Crippen molar-refractivity contribution >= 4 is 11.9 Å². The number of ketones is 1. The molecule has 0 heterocycles. The van der Waals surface area contributed by atoms with E-state index in [4.69, 9.17) is 9.47 Å². The molecule has 2 fully saturated rings. The fourth-order valence-electron chi connectivity index (χ4n) is 6.39. The third kappa shape index (κ3) is 2.98. The molecule has 3 heteroatoms. The van der Waals surface area contributed by atoms with Crippen LogP contribution < -0.4 is 9.47 Å². The maximum Gasteiger partial charge on any atom is 0.165 e. The van der Waals surface area contributed by atoms with E-state index in [0.29, 0.717) is 23.5 Å². The largest absolute Gasteiger partial charge is 0.497 e. The minimum absolute atomic E-state index is 0.205. The molecule has 5 rings (SSSR count). The molecule has 2 saturated carbocycles. The van der Waals surface area contributed by atoms with E-state index < -0.39 is 0 Å². The van der Waals surface area contributed by atoms with Crippen LogP contribution in [-0.2, 0) is 11.2 Å². The zero-order chi connectivity index (χ0) is 20.9. The van der Waals surface area contributed by atoms with E-state index >= 15 is 0 Å². The summed E-state index contributed by atoms with van der Waals surface area (Å²) in [7, 11) is 3.41. The Morgan fingerprint density at radius 2 is 1.73 bits per heavy atom. The number of Topliss-reactive ketones (excluding diaryl/α,β-unsaturated/α-hetero) is 1. The molecule has 30 heavy (non-hydrogen) atoms. The molecular formula is C27H30O3. The number of ether oxygens (including phenoxy) is 2. The quantitative estimate of drug-likeness (QED) is 0.607. The zero-order valence-electron chi connectivity index (χ0n) is 18.1. The molecule has 156 valence electrons. The highest BCUT2D eigenvalue weighted by Crippen LogP contribution is 2.60. The third-order valence-electron chi connectivity index (χ3n) is 8.03. The van der Waals surface area contributed by atoms with Gasteiger partial charge in [0.1, 0.15) is 11.5 Å². The Bertz CT molecular complexity index is 1000. The Kier molecular flexibility index (Phi) is 4.72. The van der Waals surface area contributed by atoms with Crippen LogP contribution >= 0.6 is 0 Å². The molecule has 4 atom stereocenters. The fraction of sp³-hybridized carbons (Fsp3) is 0.444. The van der Waals surface area contributed by atoms with E-state index in [2.05, 4.69) is 31.2 Å². The summed E-state index contributed by atoms with van der Waals surface area (Å²) in [5, 5.41) is 0. The monoisotopic (exact) mass is 402 g/mol. The molecule has 0 radical (unpaired) electrons. The molecule has 2 aromatic carbocycles. The van der Waals surface area contributed by atoms with Crippen LogP contribution in [0.5, 0.6) is 11.5 Å². The molecule has 0 amide bonds. The predicted molar refractivity (Wildman–Crippen MR) is 119 cm³/mol. The molecule has 3 nitrogen and oxygen atoms in total. The van der Waals surface area contributed by atoms with Crippen molar-refractivity contribution in [1.29, 1.82) is 0 Å². The Hall–Kier alpha value is -2.55. The highest BCUT2D eigenvalue weighted by atomic mass is 16.5. The molecule has 3 aliphatic rings. The van der Waals surface area contributed by atoms with Crippen molar-refractivity contribution in [2.45, 2.75) is 44.9 Å². The first-order valence-electron chi connectivity index (χ1n) is 11.1. The number of carbonyl (C=O) groups is 1. The molecule has 0 aromatic heterocycles. The summed E-state index contributed by atoms with van der Waals surface area (Å²) >= 11 is 0. The summed E-state index contributed by atoms with van der Waals surface area (Å²) in [6.07, 6.45) is 7.39. The topological polar surface area (TPSA) is 35.5 Å². The average molecular weight is 403 g/mol.